The van der Waals surface area contributed by atoms with Crippen molar-refractivity contribution in [2.75, 3.05) is 6.79 Å². The van der Waals surface area contributed by atoms with Crippen LogP contribution in [0.2, 0.25) is 5.02 Å². The quantitative estimate of drug-likeness (QED) is 0.236. The molecule has 2 aromatic carbocycles. The molecule has 0 aliphatic heterocycles. The van der Waals surface area contributed by atoms with E-state index in [-0.39, 0.29) is 30.5 Å². The van der Waals surface area contributed by atoms with Crippen molar-refractivity contribution >= 4 is 29.4 Å². The molecular weight excluding hydrogens is 514 g/mol. The van der Waals surface area contributed by atoms with Crippen LogP contribution in [0.4, 0.5) is 0 Å². The fraction of sp³-hybridized carbons (Fsp3) is 0.333. The second kappa shape index (κ2) is 13.6. The van der Waals surface area contributed by atoms with Gasteiger partial charge in [-0.3, -0.25) is 24.2 Å². The Morgan fingerprint density at radius 3 is 2.45 bits per heavy atom. The Hall–Kier alpha value is -3.89. The van der Waals surface area contributed by atoms with Crippen molar-refractivity contribution in [3.63, 3.8) is 0 Å². The maximum absolute atomic E-state index is 12.8. The number of aromatic amines is 1. The summed E-state index contributed by atoms with van der Waals surface area (Å²) < 4.78 is 10.8. The summed E-state index contributed by atoms with van der Waals surface area (Å²) in [7, 11) is 1.48. The van der Waals surface area contributed by atoms with E-state index in [1.807, 2.05) is 42.5 Å². The fourth-order valence-corrected chi connectivity index (χ4v) is 3.93. The molecule has 0 saturated carbocycles. The Bertz CT molecular complexity index is 1320. The zero-order valence-electron chi connectivity index (χ0n) is 21.1. The monoisotopic (exact) mass is 543 g/mol. The molecule has 3 aromatic rings. The number of halogens is 1. The van der Waals surface area contributed by atoms with Gasteiger partial charge in [-0.05, 0) is 41.7 Å². The van der Waals surface area contributed by atoms with Crippen molar-refractivity contribution in [3.05, 3.63) is 81.2 Å². The summed E-state index contributed by atoms with van der Waals surface area (Å²) in [5, 5.41) is 16.5. The zero-order chi connectivity index (χ0) is 27.7. The number of carbonyl (C=O) groups is 3. The molecule has 0 aliphatic carbocycles. The number of benzene rings is 2. The highest BCUT2D eigenvalue weighted by molar-refractivity contribution is 6.30. The lowest BCUT2D eigenvalue weighted by molar-refractivity contribution is -0.173. The van der Waals surface area contributed by atoms with E-state index in [4.69, 9.17) is 21.1 Å². The minimum absolute atomic E-state index is 0.0405. The number of nitrogens with one attached hydrogen (secondary N) is 2. The second-order valence-corrected chi connectivity index (χ2v) is 9.18. The van der Waals surface area contributed by atoms with Gasteiger partial charge < -0.3 is 19.9 Å². The number of aryl methyl sites for hydroxylation is 1. The number of H-pyrrole nitrogens is 1. The molecule has 3 N–H and O–H groups in total. The molecule has 1 aromatic heterocycles. The van der Waals surface area contributed by atoms with Crippen LogP contribution in [0.3, 0.4) is 0 Å². The number of rotatable bonds is 12. The van der Waals surface area contributed by atoms with E-state index in [2.05, 4.69) is 10.4 Å². The van der Waals surface area contributed by atoms with Gasteiger partial charge in [-0.15, -0.1) is 0 Å². The minimum atomic E-state index is -1.59. The van der Waals surface area contributed by atoms with Crippen molar-refractivity contribution < 1.29 is 29.0 Å². The van der Waals surface area contributed by atoms with Crippen molar-refractivity contribution in [1.82, 2.24) is 15.1 Å². The molecule has 0 unspecified atom stereocenters. The number of aliphatic hydroxyl groups is 1. The summed E-state index contributed by atoms with van der Waals surface area (Å²) in [6, 6.07) is 15.4. The summed E-state index contributed by atoms with van der Waals surface area (Å²) in [6.07, 6.45) is -0.726. The Labute approximate surface area is 224 Å². The van der Waals surface area contributed by atoms with Crippen LogP contribution in [-0.4, -0.2) is 51.7 Å². The van der Waals surface area contributed by atoms with E-state index < -0.39 is 36.8 Å². The predicted molar refractivity (Wildman–Crippen MR) is 140 cm³/mol. The van der Waals surface area contributed by atoms with Gasteiger partial charge in [-0.2, -0.15) is 0 Å². The summed E-state index contributed by atoms with van der Waals surface area (Å²) in [6.45, 7) is 1.20. The maximum atomic E-state index is 12.8. The topological polar surface area (TPSA) is 140 Å². The normalized spacial score (nSPS) is 12.4. The molecule has 0 radical (unpaired) electrons. The van der Waals surface area contributed by atoms with Gasteiger partial charge in [0.25, 0.3) is 11.5 Å². The first-order valence-corrected chi connectivity index (χ1v) is 12.5. The van der Waals surface area contributed by atoms with E-state index in [9.17, 15) is 24.3 Å². The summed E-state index contributed by atoms with van der Waals surface area (Å²) in [5.74, 6) is -2.08. The van der Waals surface area contributed by atoms with Crippen molar-refractivity contribution in [2.24, 2.45) is 7.05 Å². The average Bonchev–Trinajstić information content (AvgIpc) is 3.22. The van der Waals surface area contributed by atoms with Crippen molar-refractivity contribution in [1.29, 1.82) is 0 Å². The standard InChI is InChI=1S/C27H30ClN3O7/c1-3-5-25(34)37-16-38-27(36)23(32)14-21(29-26(35)22-15-24(33)31(2)30-22)12-17-8-10-18(11-9-17)19-6-4-7-20(28)13-19/h4,6-11,13,15,21,23,30,32H,3,5,12,14,16H2,1-2H3,(H,29,35)/t21-,23-/m1/s1. The van der Waals surface area contributed by atoms with Gasteiger partial charge in [0.05, 0.1) is 0 Å². The van der Waals surface area contributed by atoms with Gasteiger partial charge in [-0.25, -0.2) is 4.79 Å². The highest BCUT2D eigenvalue weighted by atomic mass is 35.5. The van der Waals surface area contributed by atoms with Crippen LogP contribution in [0, 0.1) is 0 Å². The van der Waals surface area contributed by atoms with E-state index in [1.165, 1.54) is 7.05 Å². The third-order valence-corrected chi connectivity index (χ3v) is 5.95. The average molecular weight is 544 g/mol. The number of hydrogen-bond acceptors (Lipinski definition) is 7. The SMILES string of the molecule is CCCC(=O)OCOC(=O)[C@H](O)C[C@@H](Cc1ccc(-c2cccc(Cl)c2)cc1)NC(=O)c1cc(=O)n(C)[nH]1. The Morgan fingerprint density at radius 2 is 1.82 bits per heavy atom. The molecular formula is C27H30ClN3O7. The third-order valence-electron chi connectivity index (χ3n) is 5.72. The summed E-state index contributed by atoms with van der Waals surface area (Å²) in [4.78, 5) is 48.2. The van der Waals surface area contributed by atoms with E-state index in [1.54, 1.807) is 13.0 Å². The number of aromatic nitrogens is 2. The first-order valence-electron chi connectivity index (χ1n) is 12.1. The third kappa shape index (κ3) is 8.32. The van der Waals surface area contributed by atoms with Crippen LogP contribution < -0.4 is 10.9 Å². The van der Waals surface area contributed by atoms with Gasteiger partial charge in [0.1, 0.15) is 5.69 Å². The molecule has 0 saturated heterocycles. The second-order valence-electron chi connectivity index (χ2n) is 8.75. The highest BCUT2D eigenvalue weighted by Crippen LogP contribution is 2.23. The van der Waals surface area contributed by atoms with Crippen LogP contribution in [0.15, 0.2) is 59.4 Å². The number of carbonyl (C=O) groups excluding carboxylic acids is 3. The van der Waals surface area contributed by atoms with Crippen LogP contribution in [0.1, 0.15) is 42.2 Å². The highest BCUT2D eigenvalue weighted by Gasteiger charge is 2.25. The first-order chi connectivity index (χ1) is 18.2. The molecule has 1 heterocycles. The predicted octanol–water partition coefficient (Wildman–Crippen LogP) is 2.97. The number of ether oxygens (including phenoxy) is 2. The van der Waals surface area contributed by atoms with Gasteiger partial charge in [0, 0.05) is 37.0 Å². The van der Waals surface area contributed by atoms with Gasteiger partial charge in [0.15, 0.2) is 6.10 Å². The lowest BCUT2D eigenvalue weighted by Crippen LogP contribution is -2.41. The molecule has 0 bridgehead atoms. The van der Waals surface area contributed by atoms with Gasteiger partial charge in [-0.1, -0.05) is 54.9 Å². The van der Waals surface area contributed by atoms with Crippen molar-refractivity contribution in [3.8, 4) is 11.1 Å². The molecule has 0 fully saturated rings. The van der Waals surface area contributed by atoms with E-state index in [0.29, 0.717) is 11.4 Å². The lowest BCUT2D eigenvalue weighted by Gasteiger charge is -2.21. The lowest BCUT2D eigenvalue weighted by atomic mass is 9.97. The number of nitrogens with zero attached hydrogens (tertiary/aromatic N) is 1. The number of aliphatic hydroxyl groups excluding tert-OH is 1. The smallest absolute Gasteiger partial charge is 0.337 e. The molecule has 0 aliphatic rings. The van der Waals surface area contributed by atoms with E-state index in [0.717, 1.165) is 27.4 Å². The summed E-state index contributed by atoms with van der Waals surface area (Å²) >= 11 is 6.09. The van der Waals surface area contributed by atoms with Gasteiger partial charge in [0.2, 0.25) is 6.79 Å². The molecule has 0 spiro atoms. The van der Waals surface area contributed by atoms with Crippen LogP contribution in [-0.2, 0) is 32.5 Å². The minimum Gasteiger partial charge on any atom is -0.428 e. The van der Waals surface area contributed by atoms with Gasteiger partial charge >= 0.3 is 11.9 Å². The molecule has 1 amide bonds. The Morgan fingerprint density at radius 1 is 1.08 bits per heavy atom. The Balaban J connectivity index is 1.70. The molecule has 3 rings (SSSR count). The molecule has 202 valence electrons. The molecule has 38 heavy (non-hydrogen) atoms. The number of amides is 1. The first kappa shape index (κ1) is 28.7. The molecule has 10 nitrogen and oxygen atoms in total. The van der Waals surface area contributed by atoms with Crippen molar-refractivity contribution in [2.45, 2.75) is 44.8 Å². The molecule has 11 heteroatoms. The summed E-state index contributed by atoms with van der Waals surface area (Å²) in [5.41, 5.74) is 2.37. The van der Waals surface area contributed by atoms with E-state index >= 15 is 0 Å². The fourth-order valence-electron chi connectivity index (χ4n) is 3.74. The van der Waals surface area contributed by atoms with Crippen LogP contribution in [0.5, 0.6) is 0 Å². The number of hydrogen-bond donors (Lipinski definition) is 3. The zero-order valence-corrected chi connectivity index (χ0v) is 21.9. The van der Waals surface area contributed by atoms with Crippen LogP contribution >= 0.6 is 11.6 Å². The maximum Gasteiger partial charge on any atom is 0.337 e. The number of esters is 2. The Kier molecular flexibility index (Phi) is 10.3. The largest absolute Gasteiger partial charge is 0.428 e. The molecule has 2 atom stereocenters. The van der Waals surface area contributed by atoms with Crippen LogP contribution in [0.25, 0.3) is 11.1 Å².